The van der Waals surface area contributed by atoms with Gasteiger partial charge in [0.1, 0.15) is 5.69 Å². The van der Waals surface area contributed by atoms with Crippen molar-refractivity contribution in [3.8, 4) is 0 Å². The predicted octanol–water partition coefficient (Wildman–Crippen LogP) is 2.35. The minimum atomic E-state index is -0.148. The van der Waals surface area contributed by atoms with E-state index in [1.54, 1.807) is 24.4 Å². The highest BCUT2D eigenvalue weighted by Gasteiger charge is 2.24. The second-order valence-electron chi connectivity index (χ2n) is 6.45. The molecule has 130 valence electrons. The molecule has 0 radical (unpaired) electrons. The molecule has 0 unspecified atom stereocenters. The Morgan fingerprint density at radius 1 is 1.12 bits per heavy atom. The van der Waals surface area contributed by atoms with Crippen LogP contribution in [-0.4, -0.2) is 40.8 Å². The molecule has 1 aliphatic heterocycles. The summed E-state index contributed by atoms with van der Waals surface area (Å²) >= 11 is 0. The maximum Gasteiger partial charge on any atom is 0.270 e. The van der Waals surface area contributed by atoms with E-state index in [-0.39, 0.29) is 17.9 Å². The van der Waals surface area contributed by atoms with Crippen LogP contribution in [0.15, 0.2) is 48.7 Å². The van der Waals surface area contributed by atoms with Gasteiger partial charge in [-0.15, -0.1) is 0 Å². The third-order valence-electron chi connectivity index (χ3n) is 4.68. The van der Waals surface area contributed by atoms with Crippen molar-refractivity contribution in [1.29, 1.82) is 0 Å². The lowest BCUT2D eigenvalue weighted by molar-refractivity contribution is -0.131. The quantitative estimate of drug-likeness (QED) is 0.931. The van der Waals surface area contributed by atoms with Crippen molar-refractivity contribution in [2.75, 3.05) is 13.1 Å². The number of likely N-dealkylation sites (tertiary alicyclic amines) is 1. The minimum absolute atomic E-state index is 0.0945. The Kier molecular flexibility index (Phi) is 5.43. The van der Waals surface area contributed by atoms with Crippen LogP contribution in [0.25, 0.3) is 0 Å². The highest BCUT2D eigenvalue weighted by atomic mass is 16.2. The number of nitrogens with one attached hydrogen (secondary N) is 1. The number of nitrogens with zero attached hydrogens (tertiary/aromatic N) is 2. The Labute approximate surface area is 148 Å². The van der Waals surface area contributed by atoms with Gasteiger partial charge in [-0.05, 0) is 43.0 Å². The number of amides is 2. The number of benzene rings is 1. The lowest BCUT2D eigenvalue weighted by Gasteiger charge is -2.32. The molecule has 0 spiro atoms. The monoisotopic (exact) mass is 337 g/mol. The van der Waals surface area contributed by atoms with Gasteiger partial charge in [-0.1, -0.05) is 30.3 Å². The van der Waals surface area contributed by atoms with Gasteiger partial charge < -0.3 is 10.2 Å². The van der Waals surface area contributed by atoms with Gasteiger partial charge in [-0.25, -0.2) is 0 Å². The van der Waals surface area contributed by atoms with Crippen LogP contribution in [0.4, 0.5) is 0 Å². The molecule has 1 aromatic heterocycles. The van der Waals surface area contributed by atoms with Gasteiger partial charge in [-0.3, -0.25) is 14.6 Å². The predicted molar refractivity (Wildman–Crippen MR) is 96.2 cm³/mol. The number of aromatic nitrogens is 1. The van der Waals surface area contributed by atoms with E-state index in [0.717, 1.165) is 24.0 Å². The first-order valence-electron chi connectivity index (χ1n) is 8.67. The fourth-order valence-corrected chi connectivity index (χ4v) is 3.11. The van der Waals surface area contributed by atoms with E-state index < -0.39 is 0 Å². The summed E-state index contributed by atoms with van der Waals surface area (Å²) in [7, 11) is 0. The number of hydrogen-bond acceptors (Lipinski definition) is 3. The first-order valence-corrected chi connectivity index (χ1v) is 8.67. The molecule has 25 heavy (non-hydrogen) atoms. The summed E-state index contributed by atoms with van der Waals surface area (Å²) in [6.07, 6.45) is 3.61. The highest BCUT2D eigenvalue weighted by molar-refractivity contribution is 5.92. The maximum absolute atomic E-state index is 12.5. The first kappa shape index (κ1) is 17.1. The van der Waals surface area contributed by atoms with Gasteiger partial charge >= 0.3 is 0 Å². The van der Waals surface area contributed by atoms with E-state index >= 15 is 0 Å². The van der Waals surface area contributed by atoms with E-state index in [0.29, 0.717) is 25.2 Å². The molecule has 1 fully saturated rings. The van der Waals surface area contributed by atoms with Crippen molar-refractivity contribution in [3.63, 3.8) is 0 Å². The Bertz CT molecular complexity index is 738. The summed E-state index contributed by atoms with van der Waals surface area (Å²) in [6, 6.07) is 13.4. The van der Waals surface area contributed by atoms with Crippen LogP contribution >= 0.6 is 0 Å². The van der Waals surface area contributed by atoms with Crippen molar-refractivity contribution in [2.24, 2.45) is 0 Å². The summed E-state index contributed by atoms with van der Waals surface area (Å²) in [4.78, 5) is 30.6. The Morgan fingerprint density at radius 3 is 2.52 bits per heavy atom. The Hall–Kier alpha value is -2.69. The minimum Gasteiger partial charge on any atom is -0.348 e. The molecule has 0 aliphatic carbocycles. The van der Waals surface area contributed by atoms with Gasteiger partial charge in [-0.2, -0.15) is 0 Å². The van der Waals surface area contributed by atoms with Gasteiger partial charge in [0.2, 0.25) is 5.91 Å². The van der Waals surface area contributed by atoms with E-state index in [9.17, 15) is 9.59 Å². The zero-order chi connectivity index (χ0) is 17.6. The number of carbonyl (C=O) groups is 2. The van der Waals surface area contributed by atoms with Crippen molar-refractivity contribution in [3.05, 3.63) is 65.5 Å². The number of rotatable bonds is 4. The molecule has 0 bridgehead atoms. The fourth-order valence-electron chi connectivity index (χ4n) is 3.11. The Balaban J connectivity index is 1.49. The molecule has 2 aromatic rings. The van der Waals surface area contributed by atoms with E-state index in [2.05, 4.69) is 10.3 Å². The number of carbonyl (C=O) groups excluding carboxylic acids is 2. The SMILES string of the molecule is Cc1ccccc1CC(=O)N1CCC(NC(=O)c2ccccn2)CC1. The molecule has 2 heterocycles. The van der Waals surface area contributed by atoms with Gasteiger partial charge in [0, 0.05) is 25.3 Å². The summed E-state index contributed by atoms with van der Waals surface area (Å²) in [5, 5.41) is 3.01. The lowest BCUT2D eigenvalue weighted by atomic mass is 10.0. The van der Waals surface area contributed by atoms with Gasteiger partial charge in [0.05, 0.1) is 6.42 Å². The van der Waals surface area contributed by atoms with Crippen LogP contribution in [0.3, 0.4) is 0 Å². The molecule has 5 nitrogen and oxygen atoms in total. The molecule has 2 amide bonds. The van der Waals surface area contributed by atoms with Crippen molar-refractivity contribution in [2.45, 2.75) is 32.2 Å². The van der Waals surface area contributed by atoms with Gasteiger partial charge in [0.25, 0.3) is 5.91 Å². The zero-order valence-electron chi connectivity index (χ0n) is 14.4. The lowest BCUT2D eigenvalue weighted by Crippen LogP contribution is -2.47. The number of aryl methyl sites for hydroxylation is 1. The van der Waals surface area contributed by atoms with Crippen LogP contribution < -0.4 is 5.32 Å². The molecule has 0 atom stereocenters. The van der Waals surface area contributed by atoms with Crippen LogP contribution in [0.1, 0.15) is 34.5 Å². The molecule has 1 N–H and O–H groups in total. The average Bonchev–Trinajstić information content (AvgIpc) is 2.65. The van der Waals surface area contributed by atoms with E-state index in [1.807, 2.05) is 36.1 Å². The zero-order valence-corrected chi connectivity index (χ0v) is 14.4. The fraction of sp³-hybridized carbons (Fsp3) is 0.350. The summed E-state index contributed by atoms with van der Waals surface area (Å²) in [6.45, 7) is 3.39. The summed E-state index contributed by atoms with van der Waals surface area (Å²) in [5.74, 6) is 0.00842. The summed E-state index contributed by atoms with van der Waals surface area (Å²) in [5.41, 5.74) is 2.66. The van der Waals surface area contributed by atoms with Crippen molar-refractivity contribution >= 4 is 11.8 Å². The third-order valence-corrected chi connectivity index (χ3v) is 4.68. The van der Waals surface area contributed by atoms with E-state index in [1.165, 1.54) is 0 Å². The van der Waals surface area contributed by atoms with Crippen LogP contribution in [0.5, 0.6) is 0 Å². The standard InChI is InChI=1S/C20H23N3O2/c1-15-6-2-3-7-16(15)14-19(24)23-12-9-17(10-13-23)22-20(25)18-8-4-5-11-21-18/h2-8,11,17H,9-10,12-14H2,1H3,(H,22,25). The van der Waals surface area contributed by atoms with Crippen LogP contribution in [-0.2, 0) is 11.2 Å². The Morgan fingerprint density at radius 2 is 1.84 bits per heavy atom. The van der Waals surface area contributed by atoms with Crippen molar-refractivity contribution < 1.29 is 9.59 Å². The molecule has 5 heteroatoms. The van der Waals surface area contributed by atoms with E-state index in [4.69, 9.17) is 0 Å². The first-order chi connectivity index (χ1) is 12.1. The smallest absolute Gasteiger partial charge is 0.270 e. The van der Waals surface area contributed by atoms with Gasteiger partial charge in [0.15, 0.2) is 0 Å². The maximum atomic E-state index is 12.5. The number of pyridine rings is 1. The van der Waals surface area contributed by atoms with Crippen LogP contribution in [0.2, 0.25) is 0 Å². The topological polar surface area (TPSA) is 62.3 Å². The van der Waals surface area contributed by atoms with Crippen LogP contribution in [0, 0.1) is 6.92 Å². The summed E-state index contributed by atoms with van der Waals surface area (Å²) < 4.78 is 0. The largest absolute Gasteiger partial charge is 0.348 e. The highest BCUT2D eigenvalue weighted by Crippen LogP contribution is 2.14. The number of piperidine rings is 1. The molecular formula is C20H23N3O2. The molecule has 1 aliphatic rings. The molecule has 1 saturated heterocycles. The number of hydrogen-bond donors (Lipinski definition) is 1. The second kappa shape index (κ2) is 7.92. The molecular weight excluding hydrogens is 314 g/mol. The average molecular weight is 337 g/mol. The molecule has 1 aromatic carbocycles. The van der Waals surface area contributed by atoms with Crippen molar-refractivity contribution in [1.82, 2.24) is 15.2 Å². The normalized spacial score (nSPS) is 15.0. The molecule has 0 saturated carbocycles. The second-order valence-corrected chi connectivity index (χ2v) is 6.45. The molecule has 3 rings (SSSR count). The third kappa shape index (κ3) is 4.44.